The van der Waals surface area contributed by atoms with Gasteiger partial charge < -0.3 is 4.42 Å². The second-order valence-electron chi connectivity index (χ2n) is 7.52. The summed E-state index contributed by atoms with van der Waals surface area (Å²) >= 11 is 0. The van der Waals surface area contributed by atoms with E-state index in [0.29, 0.717) is 27.9 Å². The maximum absolute atomic E-state index is 12.8. The van der Waals surface area contributed by atoms with Crippen LogP contribution in [-0.2, 0) is 0 Å². The van der Waals surface area contributed by atoms with Gasteiger partial charge in [0.1, 0.15) is 11.3 Å². The van der Waals surface area contributed by atoms with Crippen LogP contribution in [0.5, 0.6) is 0 Å². The lowest BCUT2D eigenvalue weighted by molar-refractivity contribution is 0.0926. The zero-order valence-electron chi connectivity index (χ0n) is 17.0. The first-order valence-corrected chi connectivity index (χ1v) is 10.1. The van der Waals surface area contributed by atoms with E-state index in [9.17, 15) is 14.4 Å². The molecule has 0 bridgehead atoms. The number of aromatic nitrogens is 3. The van der Waals surface area contributed by atoms with Gasteiger partial charge in [0, 0.05) is 17.0 Å². The highest BCUT2D eigenvalue weighted by atomic mass is 16.4. The minimum absolute atomic E-state index is 0.151. The molecule has 6 rings (SSSR count). The number of hydrogen-bond donors (Lipinski definition) is 0. The van der Waals surface area contributed by atoms with Crippen molar-refractivity contribution in [1.82, 2.24) is 15.0 Å². The molecule has 0 unspecified atom stereocenters. The van der Waals surface area contributed by atoms with Crippen LogP contribution in [0.4, 0.5) is 5.69 Å². The molecule has 0 saturated heterocycles. The highest BCUT2D eigenvalue weighted by Gasteiger charge is 2.36. The molecular formula is C25H14N4O4. The van der Waals surface area contributed by atoms with E-state index in [1.165, 1.54) is 10.9 Å². The lowest BCUT2D eigenvalue weighted by Gasteiger charge is -2.14. The molecule has 0 aliphatic carbocycles. The average Bonchev–Trinajstić information content (AvgIpc) is 3.43. The number of benzene rings is 3. The Labute approximate surface area is 186 Å². The topological polar surface area (TPSA) is 98.3 Å². The molecular weight excluding hydrogens is 420 g/mol. The molecule has 2 aromatic heterocycles. The molecule has 1 aliphatic heterocycles. The van der Waals surface area contributed by atoms with Gasteiger partial charge in [-0.05, 0) is 30.3 Å². The van der Waals surface area contributed by atoms with Crippen LogP contribution in [0.1, 0.15) is 20.7 Å². The van der Waals surface area contributed by atoms with Crippen LogP contribution >= 0.6 is 0 Å². The van der Waals surface area contributed by atoms with Gasteiger partial charge in [-0.3, -0.25) is 9.59 Å². The van der Waals surface area contributed by atoms with Crippen LogP contribution in [0.25, 0.3) is 27.9 Å². The summed E-state index contributed by atoms with van der Waals surface area (Å²) in [5.74, 6) is -0.828. The smallest absolute Gasteiger partial charge is 0.364 e. The van der Waals surface area contributed by atoms with E-state index in [2.05, 4.69) is 10.2 Å². The Hall–Kier alpha value is -4.85. The van der Waals surface area contributed by atoms with E-state index in [0.717, 1.165) is 10.5 Å². The molecule has 0 fully saturated rings. The van der Waals surface area contributed by atoms with Crippen molar-refractivity contribution in [2.45, 2.75) is 0 Å². The summed E-state index contributed by atoms with van der Waals surface area (Å²) in [6.45, 7) is 0. The molecule has 0 spiro atoms. The van der Waals surface area contributed by atoms with Gasteiger partial charge in [-0.1, -0.05) is 42.5 Å². The number of amides is 2. The van der Waals surface area contributed by atoms with Crippen molar-refractivity contribution in [3.63, 3.8) is 0 Å². The van der Waals surface area contributed by atoms with Crippen molar-refractivity contribution in [3.05, 3.63) is 107 Å². The van der Waals surface area contributed by atoms with E-state index < -0.39 is 17.4 Å². The van der Waals surface area contributed by atoms with E-state index in [4.69, 9.17) is 4.42 Å². The first-order chi connectivity index (χ1) is 16.1. The van der Waals surface area contributed by atoms with Gasteiger partial charge in [-0.15, -0.1) is 9.90 Å². The van der Waals surface area contributed by atoms with Crippen LogP contribution < -0.4 is 10.5 Å². The maximum atomic E-state index is 12.8. The van der Waals surface area contributed by atoms with Gasteiger partial charge in [-0.25, -0.2) is 9.69 Å². The molecule has 33 heavy (non-hydrogen) atoms. The third-order valence-corrected chi connectivity index (χ3v) is 5.53. The fourth-order valence-electron chi connectivity index (χ4n) is 3.91. The molecule has 3 heterocycles. The van der Waals surface area contributed by atoms with Crippen LogP contribution in [0, 0.1) is 0 Å². The van der Waals surface area contributed by atoms with Crippen LogP contribution in [0.3, 0.4) is 0 Å². The molecule has 158 valence electrons. The zero-order valence-corrected chi connectivity index (χ0v) is 17.0. The van der Waals surface area contributed by atoms with Crippen molar-refractivity contribution in [1.29, 1.82) is 0 Å². The SMILES string of the molecule is O=C1c2ccccc2C(=O)N1c1ccc2cc(-n3ncc(-c4ccccc4)n3)c(=O)oc2c1. The standard InChI is InChI=1S/C25H14N4O4/c30-23-18-8-4-5-9-19(18)24(31)28(23)17-11-10-16-12-21(25(32)33-22(16)13-17)29-26-14-20(27-29)15-6-2-1-3-7-15/h1-14H. The predicted molar refractivity (Wildman–Crippen MR) is 120 cm³/mol. The Morgan fingerprint density at radius 2 is 1.45 bits per heavy atom. The van der Waals surface area contributed by atoms with Gasteiger partial charge in [0.2, 0.25) is 0 Å². The number of nitrogens with zero attached hydrogens (tertiary/aromatic N) is 4. The molecule has 1 aliphatic rings. The van der Waals surface area contributed by atoms with E-state index in [1.807, 2.05) is 30.3 Å². The van der Waals surface area contributed by atoms with Crippen molar-refractivity contribution >= 4 is 28.5 Å². The number of carbonyl (C=O) groups excluding carboxylic acids is 2. The minimum atomic E-state index is -0.641. The number of hydrogen-bond acceptors (Lipinski definition) is 6. The Balaban J connectivity index is 1.39. The molecule has 8 nitrogen and oxygen atoms in total. The minimum Gasteiger partial charge on any atom is -0.421 e. The molecule has 8 heteroatoms. The van der Waals surface area contributed by atoms with Crippen LogP contribution in [0.15, 0.2) is 94.3 Å². The van der Waals surface area contributed by atoms with E-state index in [-0.39, 0.29) is 11.3 Å². The Morgan fingerprint density at radius 1 is 0.758 bits per heavy atom. The largest absolute Gasteiger partial charge is 0.421 e. The van der Waals surface area contributed by atoms with E-state index >= 15 is 0 Å². The quantitative estimate of drug-likeness (QED) is 0.316. The van der Waals surface area contributed by atoms with Crippen molar-refractivity contribution < 1.29 is 14.0 Å². The molecule has 0 atom stereocenters. The van der Waals surface area contributed by atoms with Gasteiger partial charge in [0.25, 0.3) is 11.8 Å². The number of anilines is 1. The second kappa shape index (κ2) is 7.10. The van der Waals surface area contributed by atoms with Gasteiger partial charge in [0.05, 0.1) is 23.0 Å². The van der Waals surface area contributed by atoms with Crippen LogP contribution in [0.2, 0.25) is 0 Å². The lowest BCUT2D eigenvalue weighted by Crippen LogP contribution is -2.29. The molecule has 3 aromatic carbocycles. The molecule has 0 N–H and O–H groups in total. The van der Waals surface area contributed by atoms with Gasteiger partial charge >= 0.3 is 5.63 Å². The Kier molecular flexibility index (Phi) is 4.06. The van der Waals surface area contributed by atoms with E-state index in [1.54, 1.807) is 48.7 Å². The lowest BCUT2D eigenvalue weighted by atomic mass is 10.1. The predicted octanol–water partition coefficient (Wildman–Crippen LogP) is 3.84. The second-order valence-corrected chi connectivity index (χ2v) is 7.52. The monoisotopic (exact) mass is 434 g/mol. The normalized spacial score (nSPS) is 13.0. The third-order valence-electron chi connectivity index (χ3n) is 5.53. The maximum Gasteiger partial charge on any atom is 0.364 e. The summed E-state index contributed by atoms with van der Waals surface area (Å²) in [4.78, 5) is 40.5. The van der Waals surface area contributed by atoms with Crippen molar-refractivity contribution in [2.75, 3.05) is 4.90 Å². The number of fused-ring (bicyclic) bond motifs is 2. The molecule has 5 aromatic rings. The van der Waals surface area contributed by atoms with Crippen molar-refractivity contribution in [3.8, 4) is 16.9 Å². The summed E-state index contributed by atoms with van der Waals surface area (Å²) in [5, 5.41) is 9.19. The number of rotatable bonds is 3. The summed E-state index contributed by atoms with van der Waals surface area (Å²) in [6.07, 6.45) is 1.57. The summed E-state index contributed by atoms with van der Waals surface area (Å²) in [6, 6.07) is 22.6. The third kappa shape index (κ3) is 2.96. The molecule has 2 amide bonds. The van der Waals surface area contributed by atoms with Crippen molar-refractivity contribution in [2.24, 2.45) is 0 Å². The Morgan fingerprint density at radius 3 is 2.18 bits per heavy atom. The summed E-state index contributed by atoms with van der Waals surface area (Å²) < 4.78 is 5.50. The Bertz CT molecular complexity index is 1600. The molecule has 0 radical (unpaired) electrons. The summed E-state index contributed by atoms with van der Waals surface area (Å²) in [7, 11) is 0. The fraction of sp³-hybridized carbons (Fsp3) is 0. The first-order valence-electron chi connectivity index (χ1n) is 10.1. The highest BCUT2D eigenvalue weighted by Crippen LogP contribution is 2.30. The zero-order chi connectivity index (χ0) is 22.5. The van der Waals surface area contributed by atoms with Gasteiger partial charge in [0.15, 0.2) is 5.69 Å². The number of carbonyl (C=O) groups is 2. The highest BCUT2D eigenvalue weighted by molar-refractivity contribution is 6.34. The van der Waals surface area contributed by atoms with Gasteiger partial charge in [-0.2, -0.15) is 5.10 Å². The average molecular weight is 434 g/mol. The fourth-order valence-corrected chi connectivity index (χ4v) is 3.91. The number of imide groups is 1. The molecule has 0 saturated carbocycles. The summed E-state index contributed by atoms with van der Waals surface area (Å²) in [5.41, 5.74) is 2.27. The first kappa shape index (κ1) is 18.9. The van der Waals surface area contributed by atoms with Crippen LogP contribution in [-0.4, -0.2) is 26.8 Å².